The Bertz CT molecular complexity index is 621. The quantitative estimate of drug-likeness (QED) is 0.825. The van der Waals surface area contributed by atoms with Crippen molar-refractivity contribution in [3.63, 3.8) is 0 Å². The summed E-state index contributed by atoms with van der Waals surface area (Å²) >= 11 is 0. The average Bonchev–Trinajstić information content (AvgIpc) is 2.47. The van der Waals surface area contributed by atoms with Crippen molar-refractivity contribution >= 4 is 16.0 Å². The summed E-state index contributed by atoms with van der Waals surface area (Å²) in [5, 5.41) is 9.39. The van der Waals surface area contributed by atoms with E-state index in [0.29, 0.717) is 5.75 Å². The van der Waals surface area contributed by atoms with Crippen LogP contribution in [0.3, 0.4) is 0 Å². The first kappa shape index (κ1) is 15.7. The largest absolute Gasteiger partial charge is 0.497 e. The van der Waals surface area contributed by atoms with Crippen LogP contribution >= 0.6 is 0 Å². The third-order valence-electron chi connectivity index (χ3n) is 3.44. The molecule has 0 radical (unpaired) electrons. The zero-order chi connectivity index (χ0) is 15.5. The predicted molar refractivity (Wildman–Crippen MR) is 73.7 cm³/mol. The monoisotopic (exact) mass is 315 g/mol. The Hall–Kier alpha value is -1.64. The van der Waals surface area contributed by atoms with Crippen molar-refractivity contribution in [3.8, 4) is 5.75 Å². The van der Waals surface area contributed by atoms with Crippen molar-refractivity contribution in [2.75, 3.05) is 20.3 Å². The minimum absolute atomic E-state index is 0.0334. The zero-order valence-corrected chi connectivity index (χ0v) is 12.4. The molecule has 1 fully saturated rings. The smallest absolute Gasteiger partial charge is 0.325 e. The van der Waals surface area contributed by atoms with Crippen LogP contribution in [0.1, 0.15) is 12.8 Å². The van der Waals surface area contributed by atoms with Gasteiger partial charge in [-0.1, -0.05) is 6.07 Å². The first-order chi connectivity index (χ1) is 9.89. The van der Waals surface area contributed by atoms with Crippen LogP contribution in [-0.4, -0.2) is 45.4 Å². The Morgan fingerprint density at radius 2 is 2.05 bits per heavy atom. The molecule has 0 aromatic heterocycles. The molecule has 0 bridgehead atoms. The number of aliphatic carboxylic acids is 1. The number of carboxylic acids is 1. The number of nitrogens with one attached hydrogen (secondary N) is 1. The van der Waals surface area contributed by atoms with E-state index in [0.717, 1.165) is 0 Å². The average molecular weight is 315 g/mol. The van der Waals surface area contributed by atoms with Gasteiger partial charge in [0, 0.05) is 32.1 Å². The maximum absolute atomic E-state index is 12.4. The molecule has 0 saturated carbocycles. The van der Waals surface area contributed by atoms with E-state index in [-0.39, 0.29) is 31.0 Å². The zero-order valence-electron chi connectivity index (χ0n) is 11.5. The Morgan fingerprint density at radius 1 is 1.38 bits per heavy atom. The summed E-state index contributed by atoms with van der Waals surface area (Å²) in [6.07, 6.45) is 0.178. The number of hydrogen-bond acceptors (Lipinski definition) is 5. The summed E-state index contributed by atoms with van der Waals surface area (Å²) in [6, 6.07) is 5.88. The van der Waals surface area contributed by atoms with Gasteiger partial charge in [-0.15, -0.1) is 0 Å². The summed E-state index contributed by atoms with van der Waals surface area (Å²) < 4.78 is 37.2. The SMILES string of the molecule is COc1cccc(S(=O)(=O)NC2(C(=O)O)CCOCC2)c1. The van der Waals surface area contributed by atoms with Gasteiger partial charge in [-0.05, 0) is 12.1 Å². The molecule has 7 nitrogen and oxygen atoms in total. The molecule has 116 valence electrons. The van der Waals surface area contributed by atoms with E-state index >= 15 is 0 Å². The Labute approximate surface area is 122 Å². The second-order valence-electron chi connectivity index (χ2n) is 4.78. The van der Waals surface area contributed by atoms with Gasteiger partial charge in [-0.3, -0.25) is 4.79 Å². The molecule has 0 amide bonds. The molecule has 2 N–H and O–H groups in total. The minimum atomic E-state index is -3.96. The standard InChI is InChI=1S/C13H17NO6S/c1-19-10-3-2-4-11(9-10)21(17,18)14-13(12(15)16)5-7-20-8-6-13/h2-4,9,14H,5-8H2,1H3,(H,15,16). The molecule has 0 unspecified atom stereocenters. The van der Waals surface area contributed by atoms with Crippen molar-refractivity contribution in [1.82, 2.24) is 4.72 Å². The van der Waals surface area contributed by atoms with Gasteiger partial charge in [-0.25, -0.2) is 8.42 Å². The molecule has 21 heavy (non-hydrogen) atoms. The number of benzene rings is 1. The molecule has 0 spiro atoms. The number of sulfonamides is 1. The fraction of sp³-hybridized carbons (Fsp3) is 0.462. The summed E-state index contributed by atoms with van der Waals surface area (Å²) in [6.45, 7) is 0.403. The molecule has 0 aliphatic carbocycles. The highest BCUT2D eigenvalue weighted by Gasteiger charge is 2.43. The van der Waals surface area contributed by atoms with Crippen molar-refractivity contribution in [1.29, 1.82) is 0 Å². The molecule has 1 saturated heterocycles. The van der Waals surface area contributed by atoms with Crippen molar-refractivity contribution in [2.45, 2.75) is 23.3 Å². The summed E-state index contributed by atoms with van der Waals surface area (Å²) in [7, 11) is -2.54. The Morgan fingerprint density at radius 3 is 2.62 bits per heavy atom. The highest BCUT2D eigenvalue weighted by atomic mass is 32.2. The molecule has 0 atom stereocenters. The van der Waals surface area contributed by atoms with Crippen LogP contribution in [0.4, 0.5) is 0 Å². The normalized spacial score (nSPS) is 18.1. The van der Waals surface area contributed by atoms with Gasteiger partial charge >= 0.3 is 5.97 Å². The number of methoxy groups -OCH3 is 1. The van der Waals surface area contributed by atoms with Gasteiger partial charge in [0.1, 0.15) is 11.3 Å². The molecule has 2 rings (SSSR count). The van der Waals surface area contributed by atoms with Gasteiger partial charge in [-0.2, -0.15) is 4.72 Å². The predicted octanol–water partition coefficient (Wildman–Crippen LogP) is 0.607. The van der Waals surface area contributed by atoms with E-state index in [1.807, 2.05) is 0 Å². The van der Waals surface area contributed by atoms with Crippen LogP contribution in [0, 0.1) is 0 Å². The lowest BCUT2D eigenvalue weighted by Gasteiger charge is -2.33. The Balaban J connectivity index is 2.32. The van der Waals surface area contributed by atoms with Gasteiger partial charge in [0.25, 0.3) is 0 Å². The van der Waals surface area contributed by atoms with Gasteiger partial charge in [0.05, 0.1) is 12.0 Å². The first-order valence-electron chi connectivity index (χ1n) is 6.39. The van der Waals surface area contributed by atoms with Crippen molar-refractivity contribution in [2.24, 2.45) is 0 Å². The van der Waals surface area contributed by atoms with E-state index in [4.69, 9.17) is 9.47 Å². The van der Waals surface area contributed by atoms with E-state index in [1.54, 1.807) is 6.07 Å². The van der Waals surface area contributed by atoms with Gasteiger partial charge < -0.3 is 14.6 Å². The van der Waals surface area contributed by atoms with Crippen LogP contribution in [0.2, 0.25) is 0 Å². The molecule has 1 aliphatic rings. The van der Waals surface area contributed by atoms with Crippen LogP contribution in [0.5, 0.6) is 5.75 Å². The fourth-order valence-corrected chi connectivity index (χ4v) is 3.62. The summed E-state index contributed by atoms with van der Waals surface area (Å²) in [4.78, 5) is 11.5. The summed E-state index contributed by atoms with van der Waals surface area (Å²) in [5.74, 6) is -0.813. The number of hydrogen-bond donors (Lipinski definition) is 2. The van der Waals surface area contributed by atoms with Gasteiger partial charge in [0.2, 0.25) is 10.0 Å². The van der Waals surface area contributed by atoms with Crippen LogP contribution in [0.15, 0.2) is 29.2 Å². The minimum Gasteiger partial charge on any atom is -0.497 e. The molecular formula is C13H17NO6S. The third kappa shape index (κ3) is 3.34. The first-order valence-corrected chi connectivity index (χ1v) is 7.87. The third-order valence-corrected chi connectivity index (χ3v) is 4.97. The topological polar surface area (TPSA) is 102 Å². The molecule has 8 heteroatoms. The van der Waals surface area contributed by atoms with Crippen molar-refractivity contribution in [3.05, 3.63) is 24.3 Å². The second kappa shape index (κ2) is 6.00. The van der Waals surface area contributed by atoms with Crippen LogP contribution in [0.25, 0.3) is 0 Å². The summed E-state index contributed by atoms with van der Waals surface area (Å²) in [5.41, 5.74) is -1.53. The van der Waals surface area contributed by atoms with E-state index in [9.17, 15) is 18.3 Å². The van der Waals surface area contributed by atoms with Crippen molar-refractivity contribution < 1.29 is 27.8 Å². The lowest BCUT2D eigenvalue weighted by atomic mass is 9.92. The molecule has 1 aromatic rings. The molecule has 1 heterocycles. The fourth-order valence-electron chi connectivity index (χ4n) is 2.16. The molecule has 1 aromatic carbocycles. The maximum atomic E-state index is 12.4. The Kier molecular flexibility index (Phi) is 4.50. The number of ether oxygens (including phenoxy) is 2. The highest BCUT2D eigenvalue weighted by molar-refractivity contribution is 7.89. The van der Waals surface area contributed by atoms with E-state index < -0.39 is 21.5 Å². The maximum Gasteiger partial charge on any atom is 0.325 e. The number of carbonyl (C=O) groups is 1. The van der Waals surface area contributed by atoms with Gasteiger partial charge in [0.15, 0.2) is 0 Å². The van der Waals surface area contributed by atoms with Crippen LogP contribution < -0.4 is 9.46 Å². The molecule has 1 aliphatic heterocycles. The van der Waals surface area contributed by atoms with E-state index in [2.05, 4.69) is 4.72 Å². The highest BCUT2D eigenvalue weighted by Crippen LogP contribution is 2.25. The lowest BCUT2D eigenvalue weighted by molar-refractivity contribution is -0.147. The molecular weight excluding hydrogens is 298 g/mol. The number of carboxylic acid groups (broad SMARTS) is 1. The van der Waals surface area contributed by atoms with Crippen LogP contribution in [-0.2, 0) is 19.6 Å². The lowest BCUT2D eigenvalue weighted by Crippen LogP contribution is -2.57. The second-order valence-corrected chi connectivity index (χ2v) is 6.47. The number of rotatable bonds is 5. The van der Waals surface area contributed by atoms with E-state index in [1.165, 1.54) is 25.3 Å².